The summed E-state index contributed by atoms with van der Waals surface area (Å²) in [6.07, 6.45) is 6.89. The first-order valence-corrected chi connectivity index (χ1v) is 7.00. The Bertz CT molecular complexity index is 195. The maximum Gasteiger partial charge on any atom is 0.0779 e. The zero-order chi connectivity index (χ0) is 12.0. The molecule has 1 aliphatic rings. The van der Waals surface area contributed by atoms with E-state index in [1.807, 2.05) is 0 Å². The van der Waals surface area contributed by atoms with Gasteiger partial charge in [0.05, 0.1) is 11.7 Å². The first-order valence-electron chi connectivity index (χ1n) is 7.00. The Morgan fingerprint density at radius 2 is 1.94 bits per heavy atom. The van der Waals surface area contributed by atoms with E-state index in [4.69, 9.17) is 4.74 Å². The van der Waals surface area contributed by atoms with Crippen LogP contribution in [0.5, 0.6) is 0 Å². The molecule has 2 nitrogen and oxygen atoms in total. The minimum absolute atomic E-state index is 0.0201. The Morgan fingerprint density at radius 3 is 2.50 bits per heavy atom. The minimum Gasteiger partial charge on any atom is -0.370 e. The lowest BCUT2D eigenvalue weighted by Gasteiger charge is -2.38. The highest BCUT2D eigenvalue weighted by molar-refractivity contribution is 4.81. The number of rotatable bonds is 6. The van der Waals surface area contributed by atoms with Gasteiger partial charge in [0.2, 0.25) is 0 Å². The summed E-state index contributed by atoms with van der Waals surface area (Å²) in [5.41, 5.74) is 0.0201. The zero-order valence-corrected chi connectivity index (χ0v) is 11.5. The topological polar surface area (TPSA) is 21.3 Å². The van der Waals surface area contributed by atoms with Crippen molar-refractivity contribution >= 4 is 0 Å². The summed E-state index contributed by atoms with van der Waals surface area (Å²) < 4.78 is 6.38. The third kappa shape index (κ3) is 4.06. The van der Waals surface area contributed by atoms with Gasteiger partial charge in [-0.15, -0.1) is 0 Å². The van der Waals surface area contributed by atoms with E-state index in [-0.39, 0.29) is 5.60 Å². The molecule has 0 aromatic carbocycles. The molecule has 3 unspecified atom stereocenters. The molecule has 0 spiro atoms. The Labute approximate surface area is 101 Å². The van der Waals surface area contributed by atoms with Gasteiger partial charge in [0.15, 0.2) is 0 Å². The number of ether oxygens (including phenoxy) is 1. The second kappa shape index (κ2) is 6.61. The summed E-state index contributed by atoms with van der Waals surface area (Å²) in [4.78, 5) is 0. The van der Waals surface area contributed by atoms with Crippen LogP contribution >= 0.6 is 0 Å². The SMILES string of the molecule is CCNCC(C)(CC)OC1CCCCC1C. The maximum atomic E-state index is 6.38. The Hall–Kier alpha value is -0.0800. The quantitative estimate of drug-likeness (QED) is 0.751. The third-order valence-corrected chi connectivity index (χ3v) is 3.97. The first kappa shape index (κ1) is 14.0. The van der Waals surface area contributed by atoms with Crippen LogP contribution in [-0.2, 0) is 4.74 Å². The van der Waals surface area contributed by atoms with Gasteiger partial charge in [-0.05, 0) is 38.6 Å². The van der Waals surface area contributed by atoms with Gasteiger partial charge in [0, 0.05) is 6.54 Å². The molecule has 0 aromatic heterocycles. The van der Waals surface area contributed by atoms with Gasteiger partial charge >= 0.3 is 0 Å². The van der Waals surface area contributed by atoms with Gasteiger partial charge < -0.3 is 10.1 Å². The van der Waals surface area contributed by atoms with Gasteiger partial charge in [0.1, 0.15) is 0 Å². The van der Waals surface area contributed by atoms with Gasteiger partial charge in [0.25, 0.3) is 0 Å². The lowest BCUT2D eigenvalue weighted by molar-refractivity contribution is -0.114. The van der Waals surface area contributed by atoms with E-state index in [1.165, 1.54) is 25.7 Å². The highest BCUT2D eigenvalue weighted by atomic mass is 16.5. The van der Waals surface area contributed by atoms with Crippen LogP contribution in [0.2, 0.25) is 0 Å². The molecule has 0 radical (unpaired) electrons. The van der Waals surface area contributed by atoms with Gasteiger partial charge in [-0.2, -0.15) is 0 Å². The fourth-order valence-electron chi connectivity index (χ4n) is 2.46. The summed E-state index contributed by atoms with van der Waals surface area (Å²) >= 11 is 0. The van der Waals surface area contributed by atoms with Crippen LogP contribution in [-0.4, -0.2) is 24.8 Å². The second-order valence-corrected chi connectivity index (χ2v) is 5.50. The van der Waals surface area contributed by atoms with Crippen molar-refractivity contribution in [3.63, 3.8) is 0 Å². The molecule has 0 aliphatic heterocycles. The molecule has 0 saturated heterocycles. The standard InChI is InChI=1S/C14H29NO/c1-5-14(4,11-15-6-2)16-13-10-8-7-9-12(13)3/h12-13,15H,5-11H2,1-4H3. The molecule has 96 valence electrons. The second-order valence-electron chi connectivity index (χ2n) is 5.50. The van der Waals surface area contributed by atoms with Crippen molar-refractivity contribution in [2.75, 3.05) is 13.1 Å². The smallest absolute Gasteiger partial charge is 0.0779 e. The van der Waals surface area contributed by atoms with E-state index in [2.05, 4.69) is 33.0 Å². The van der Waals surface area contributed by atoms with Crippen LogP contribution in [0.4, 0.5) is 0 Å². The number of hydrogen-bond donors (Lipinski definition) is 1. The molecular formula is C14H29NO. The predicted octanol–water partition coefficient (Wildman–Crippen LogP) is 3.36. The van der Waals surface area contributed by atoms with E-state index in [1.54, 1.807) is 0 Å². The average molecular weight is 227 g/mol. The number of likely N-dealkylation sites (N-methyl/N-ethyl adjacent to an activating group) is 1. The van der Waals surface area contributed by atoms with E-state index < -0.39 is 0 Å². The highest BCUT2D eigenvalue weighted by Crippen LogP contribution is 2.30. The van der Waals surface area contributed by atoms with E-state index >= 15 is 0 Å². The van der Waals surface area contributed by atoms with Crippen molar-refractivity contribution < 1.29 is 4.74 Å². The van der Waals surface area contributed by atoms with E-state index in [0.29, 0.717) is 6.10 Å². The van der Waals surface area contributed by atoms with Crippen LogP contribution in [0.15, 0.2) is 0 Å². The van der Waals surface area contributed by atoms with Crippen LogP contribution in [0.25, 0.3) is 0 Å². The van der Waals surface area contributed by atoms with Crippen LogP contribution in [0, 0.1) is 5.92 Å². The number of nitrogens with one attached hydrogen (secondary N) is 1. The lowest BCUT2D eigenvalue weighted by Crippen LogP contribution is -2.44. The van der Waals surface area contributed by atoms with Crippen molar-refractivity contribution in [1.29, 1.82) is 0 Å². The number of hydrogen-bond acceptors (Lipinski definition) is 2. The maximum absolute atomic E-state index is 6.38. The molecule has 1 aliphatic carbocycles. The molecule has 0 bridgehead atoms. The molecule has 1 N–H and O–H groups in total. The lowest BCUT2D eigenvalue weighted by atomic mass is 9.87. The van der Waals surface area contributed by atoms with Crippen LogP contribution in [0.3, 0.4) is 0 Å². The van der Waals surface area contributed by atoms with Crippen LogP contribution < -0.4 is 5.32 Å². The normalized spacial score (nSPS) is 30.0. The Kier molecular flexibility index (Phi) is 5.77. The minimum atomic E-state index is 0.0201. The van der Waals surface area contributed by atoms with Crippen molar-refractivity contribution in [2.24, 2.45) is 5.92 Å². The van der Waals surface area contributed by atoms with Crippen molar-refractivity contribution in [2.45, 2.75) is 71.5 Å². The summed E-state index contributed by atoms with van der Waals surface area (Å²) in [6, 6.07) is 0. The van der Waals surface area contributed by atoms with Crippen LogP contribution in [0.1, 0.15) is 59.8 Å². The van der Waals surface area contributed by atoms with Crippen molar-refractivity contribution in [3.05, 3.63) is 0 Å². The predicted molar refractivity (Wildman–Crippen MR) is 69.7 cm³/mol. The van der Waals surface area contributed by atoms with Gasteiger partial charge in [-0.3, -0.25) is 0 Å². The zero-order valence-electron chi connectivity index (χ0n) is 11.5. The molecule has 16 heavy (non-hydrogen) atoms. The van der Waals surface area contributed by atoms with Crippen molar-refractivity contribution in [1.82, 2.24) is 5.32 Å². The molecular weight excluding hydrogens is 198 g/mol. The molecule has 3 atom stereocenters. The summed E-state index contributed by atoms with van der Waals surface area (Å²) in [5, 5.41) is 3.42. The molecule has 0 aromatic rings. The fraction of sp³-hybridized carbons (Fsp3) is 1.00. The molecule has 2 heteroatoms. The summed E-state index contributed by atoms with van der Waals surface area (Å²) in [6.45, 7) is 11.0. The molecule has 1 fully saturated rings. The van der Waals surface area contributed by atoms with E-state index in [9.17, 15) is 0 Å². The Balaban J connectivity index is 2.46. The van der Waals surface area contributed by atoms with Crippen molar-refractivity contribution in [3.8, 4) is 0 Å². The van der Waals surface area contributed by atoms with E-state index in [0.717, 1.165) is 25.4 Å². The van der Waals surface area contributed by atoms with Gasteiger partial charge in [-0.1, -0.05) is 33.6 Å². The summed E-state index contributed by atoms with van der Waals surface area (Å²) in [5.74, 6) is 0.737. The average Bonchev–Trinajstić information content (AvgIpc) is 2.30. The monoisotopic (exact) mass is 227 g/mol. The molecule has 1 rings (SSSR count). The largest absolute Gasteiger partial charge is 0.370 e. The fourth-order valence-corrected chi connectivity index (χ4v) is 2.46. The van der Waals surface area contributed by atoms with Gasteiger partial charge in [-0.25, -0.2) is 0 Å². The summed E-state index contributed by atoms with van der Waals surface area (Å²) in [7, 11) is 0. The highest BCUT2D eigenvalue weighted by Gasteiger charge is 2.30. The molecule has 1 saturated carbocycles. The first-order chi connectivity index (χ1) is 7.61. The molecule has 0 amide bonds. The Morgan fingerprint density at radius 1 is 1.25 bits per heavy atom. The third-order valence-electron chi connectivity index (χ3n) is 3.97. The molecule has 0 heterocycles.